The molecular weight excluding hydrogens is 478 g/mol. The number of rotatable bonds is 13. The number of nitrogens with zero attached hydrogens (tertiary/aromatic N) is 1. The fourth-order valence-corrected chi connectivity index (χ4v) is 4.39. The lowest BCUT2D eigenvalue weighted by Gasteiger charge is -2.40. The smallest absolute Gasteiger partial charge is 0.408 e. The molecule has 7 nitrogen and oxygen atoms in total. The van der Waals surface area contributed by atoms with Crippen LogP contribution in [0.25, 0.3) is 0 Å². The van der Waals surface area contributed by atoms with Crippen LogP contribution in [0.15, 0.2) is 18.2 Å². The predicted octanol–water partition coefficient (Wildman–Crippen LogP) is 6.46. The number of amides is 3. The first kappa shape index (κ1) is 33.5. The maximum atomic E-state index is 14.4. The van der Waals surface area contributed by atoms with Crippen LogP contribution in [0.1, 0.15) is 111 Å². The Morgan fingerprint density at radius 2 is 1.63 bits per heavy atom. The summed E-state index contributed by atoms with van der Waals surface area (Å²) in [6.07, 6.45) is 2.82. The first-order valence-corrected chi connectivity index (χ1v) is 14.3. The SMILES string of the molecule is CCCCNC(=O)C(c1cccc(C)c1C)N(C(=O)C(NC(=O)OC(C)(C)C)C(C)C)C(C)CCC(C)C. The second-order valence-corrected chi connectivity index (χ2v) is 12.3. The van der Waals surface area contributed by atoms with Crippen LogP contribution in [0.3, 0.4) is 0 Å². The number of benzene rings is 1. The Hall–Kier alpha value is -2.57. The third-order valence-corrected chi connectivity index (χ3v) is 6.79. The molecule has 0 bridgehead atoms. The molecule has 0 aliphatic heterocycles. The van der Waals surface area contributed by atoms with Crippen LogP contribution in [-0.2, 0) is 14.3 Å². The van der Waals surface area contributed by atoms with E-state index in [1.807, 2.05) is 52.8 Å². The van der Waals surface area contributed by atoms with Gasteiger partial charge in [0.1, 0.15) is 17.7 Å². The van der Waals surface area contributed by atoms with E-state index in [4.69, 9.17) is 4.74 Å². The monoisotopic (exact) mass is 531 g/mol. The molecular formula is C31H53N3O4. The van der Waals surface area contributed by atoms with E-state index < -0.39 is 23.8 Å². The Bertz CT molecular complexity index is 920. The van der Waals surface area contributed by atoms with Crippen LogP contribution in [0.5, 0.6) is 0 Å². The lowest BCUT2D eigenvalue weighted by molar-refractivity contribution is -0.146. The summed E-state index contributed by atoms with van der Waals surface area (Å²) in [4.78, 5) is 42.7. The lowest BCUT2D eigenvalue weighted by atomic mass is 9.91. The normalized spacial score (nSPS) is 14.1. The summed E-state index contributed by atoms with van der Waals surface area (Å²) >= 11 is 0. The van der Waals surface area contributed by atoms with Crippen molar-refractivity contribution in [2.75, 3.05) is 6.54 Å². The molecule has 3 atom stereocenters. The fraction of sp³-hybridized carbons (Fsp3) is 0.710. The molecule has 3 unspecified atom stereocenters. The quantitative estimate of drug-likeness (QED) is 0.286. The number of ether oxygens (including phenoxy) is 1. The molecule has 2 N–H and O–H groups in total. The zero-order valence-corrected chi connectivity index (χ0v) is 25.7. The number of unbranched alkanes of at least 4 members (excludes halogenated alkanes) is 1. The Balaban J connectivity index is 3.65. The van der Waals surface area contributed by atoms with Gasteiger partial charge in [0.2, 0.25) is 11.8 Å². The molecule has 0 spiro atoms. The second kappa shape index (κ2) is 15.1. The van der Waals surface area contributed by atoms with Crippen molar-refractivity contribution in [2.45, 2.75) is 126 Å². The average Bonchev–Trinajstić information content (AvgIpc) is 2.79. The number of carbonyl (C=O) groups is 3. The van der Waals surface area contributed by atoms with Crippen molar-refractivity contribution in [1.82, 2.24) is 15.5 Å². The van der Waals surface area contributed by atoms with Gasteiger partial charge in [-0.2, -0.15) is 0 Å². The summed E-state index contributed by atoms with van der Waals surface area (Å²) in [5.41, 5.74) is 2.16. The van der Waals surface area contributed by atoms with Gasteiger partial charge < -0.3 is 20.3 Å². The Labute approximate surface area is 231 Å². The molecule has 0 saturated carbocycles. The molecule has 0 heterocycles. The number of nitrogens with one attached hydrogen (secondary N) is 2. The van der Waals surface area contributed by atoms with E-state index in [2.05, 4.69) is 31.4 Å². The van der Waals surface area contributed by atoms with Gasteiger partial charge >= 0.3 is 6.09 Å². The minimum Gasteiger partial charge on any atom is -0.444 e. The highest BCUT2D eigenvalue weighted by atomic mass is 16.6. The van der Waals surface area contributed by atoms with Crippen LogP contribution in [-0.4, -0.2) is 47.0 Å². The van der Waals surface area contributed by atoms with Crippen LogP contribution in [0.2, 0.25) is 0 Å². The molecule has 38 heavy (non-hydrogen) atoms. The van der Waals surface area contributed by atoms with Crippen LogP contribution in [0, 0.1) is 25.7 Å². The summed E-state index contributed by atoms with van der Waals surface area (Å²) in [7, 11) is 0. The zero-order chi connectivity index (χ0) is 29.2. The van der Waals surface area contributed by atoms with Gasteiger partial charge in [0.15, 0.2) is 0 Å². The van der Waals surface area contributed by atoms with E-state index in [0.29, 0.717) is 12.5 Å². The predicted molar refractivity (Wildman–Crippen MR) is 155 cm³/mol. The highest BCUT2D eigenvalue weighted by molar-refractivity contribution is 5.92. The Morgan fingerprint density at radius 3 is 2.16 bits per heavy atom. The fourth-order valence-electron chi connectivity index (χ4n) is 4.39. The highest BCUT2D eigenvalue weighted by Crippen LogP contribution is 2.31. The molecule has 0 saturated heterocycles. The van der Waals surface area contributed by atoms with Crippen molar-refractivity contribution in [1.29, 1.82) is 0 Å². The molecule has 7 heteroatoms. The molecule has 216 valence electrons. The van der Waals surface area contributed by atoms with Crippen molar-refractivity contribution in [3.63, 3.8) is 0 Å². The van der Waals surface area contributed by atoms with Gasteiger partial charge in [0.05, 0.1) is 0 Å². The van der Waals surface area contributed by atoms with E-state index in [1.54, 1.807) is 25.7 Å². The van der Waals surface area contributed by atoms with E-state index in [9.17, 15) is 14.4 Å². The van der Waals surface area contributed by atoms with Gasteiger partial charge in [-0.3, -0.25) is 9.59 Å². The van der Waals surface area contributed by atoms with Crippen molar-refractivity contribution in [3.8, 4) is 0 Å². The maximum Gasteiger partial charge on any atom is 0.408 e. The summed E-state index contributed by atoms with van der Waals surface area (Å²) in [6.45, 7) is 22.1. The molecule has 1 aromatic carbocycles. The van der Waals surface area contributed by atoms with Gasteiger partial charge in [-0.1, -0.05) is 59.2 Å². The molecule has 1 aromatic rings. The number of alkyl carbamates (subject to hydrolysis) is 1. The zero-order valence-electron chi connectivity index (χ0n) is 25.7. The molecule has 0 fully saturated rings. The summed E-state index contributed by atoms with van der Waals surface area (Å²) in [5.74, 6) is -0.236. The maximum absolute atomic E-state index is 14.4. The van der Waals surface area contributed by atoms with Crippen LogP contribution < -0.4 is 10.6 Å². The molecule has 0 radical (unpaired) electrons. The highest BCUT2D eigenvalue weighted by Gasteiger charge is 2.40. The largest absolute Gasteiger partial charge is 0.444 e. The van der Waals surface area contributed by atoms with E-state index >= 15 is 0 Å². The van der Waals surface area contributed by atoms with Crippen molar-refractivity contribution in [3.05, 3.63) is 34.9 Å². The summed E-state index contributed by atoms with van der Waals surface area (Å²) in [6, 6.07) is 4.00. The van der Waals surface area contributed by atoms with Gasteiger partial charge in [-0.25, -0.2) is 4.79 Å². The minimum atomic E-state index is -0.845. The molecule has 3 amide bonds. The third kappa shape index (κ3) is 10.3. The molecule has 0 aliphatic carbocycles. The number of aryl methyl sites for hydroxylation is 1. The van der Waals surface area contributed by atoms with Crippen LogP contribution >= 0.6 is 0 Å². The van der Waals surface area contributed by atoms with E-state index in [1.165, 1.54) is 0 Å². The Morgan fingerprint density at radius 1 is 1.00 bits per heavy atom. The molecule has 0 aliphatic rings. The first-order chi connectivity index (χ1) is 17.6. The molecule has 0 aromatic heterocycles. The van der Waals surface area contributed by atoms with Gasteiger partial charge in [-0.05, 0) is 89.3 Å². The number of hydrogen-bond donors (Lipinski definition) is 2. The number of carbonyl (C=O) groups excluding carboxylic acids is 3. The van der Waals surface area contributed by atoms with Crippen molar-refractivity contribution < 1.29 is 19.1 Å². The van der Waals surface area contributed by atoms with E-state index in [0.717, 1.165) is 42.4 Å². The van der Waals surface area contributed by atoms with Gasteiger partial charge in [0, 0.05) is 12.6 Å². The summed E-state index contributed by atoms with van der Waals surface area (Å²) < 4.78 is 5.48. The minimum absolute atomic E-state index is 0.198. The lowest BCUT2D eigenvalue weighted by Crippen LogP contribution is -2.57. The average molecular weight is 532 g/mol. The second-order valence-electron chi connectivity index (χ2n) is 12.3. The van der Waals surface area contributed by atoms with Crippen molar-refractivity contribution in [2.24, 2.45) is 11.8 Å². The topological polar surface area (TPSA) is 87.7 Å². The van der Waals surface area contributed by atoms with E-state index in [-0.39, 0.29) is 23.8 Å². The third-order valence-electron chi connectivity index (χ3n) is 6.79. The van der Waals surface area contributed by atoms with Gasteiger partial charge in [0.25, 0.3) is 0 Å². The molecule has 1 rings (SSSR count). The van der Waals surface area contributed by atoms with Crippen LogP contribution in [0.4, 0.5) is 4.79 Å². The number of hydrogen-bond acceptors (Lipinski definition) is 4. The summed E-state index contributed by atoms with van der Waals surface area (Å²) in [5, 5.41) is 5.89. The first-order valence-electron chi connectivity index (χ1n) is 14.3. The van der Waals surface area contributed by atoms with Gasteiger partial charge in [-0.15, -0.1) is 0 Å². The van der Waals surface area contributed by atoms with Crippen molar-refractivity contribution >= 4 is 17.9 Å². The Kier molecular flexibility index (Phi) is 13.3. The standard InChI is InChI=1S/C31H53N3O4/c1-12-13-19-32-28(35)27(25-16-14-15-22(6)24(25)8)34(23(7)18-17-20(2)3)29(36)26(21(4)5)33-30(37)38-31(9,10)11/h14-16,20-21,23,26-27H,12-13,17-19H2,1-11H3,(H,32,35)(H,33,37).